The van der Waals surface area contributed by atoms with Crippen LogP contribution in [0.25, 0.3) is 0 Å². The first-order valence-electron chi connectivity index (χ1n) is 5.67. The molecule has 0 rings (SSSR count). The van der Waals surface area contributed by atoms with Gasteiger partial charge in [-0.1, -0.05) is 13.8 Å². The molecular weight excluding hydrogens is 240 g/mol. The van der Waals surface area contributed by atoms with E-state index in [2.05, 4.69) is 10.6 Å². The molecule has 0 spiro atoms. The van der Waals surface area contributed by atoms with Crippen LogP contribution in [0.3, 0.4) is 0 Å². The molecule has 1 atom stereocenters. The third-order valence-electron chi connectivity index (χ3n) is 2.45. The maximum atomic E-state index is 11.5. The van der Waals surface area contributed by atoms with Gasteiger partial charge in [0.05, 0.1) is 19.8 Å². The van der Waals surface area contributed by atoms with Gasteiger partial charge >= 0.3 is 0 Å². The van der Waals surface area contributed by atoms with E-state index in [1.807, 2.05) is 0 Å². The Morgan fingerprint density at radius 2 is 1.94 bits per heavy atom. The number of rotatable bonds is 8. The largest absolute Gasteiger partial charge is 0.396 e. The summed E-state index contributed by atoms with van der Waals surface area (Å²) in [5, 5.41) is 23.5. The van der Waals surface area contributed by atoms with Crippen molar-refractivity contribution in [1.82, 2.24) is 10.6 Å². The molecule has 0 aliphatic rings. The van der Waals surface area contributed by atoms with Gasteiger partial charge in [-0.25, -0.2) is 0 Å². The molecule has 0 aromatic carbocycles. The lowest BCUT2D eigenvalue weighted by molar-refractivity contribution is -0.138. The highest BCUT2D eigenvalue weighted by atomic mass is 16.5. The van der Waals surface area contributed by atoms with E-state index >= 15 is 0 Å². The van der Waals surface area contributed by atoms with Crippen LogP contribution in [-0.4, -0.2) is 61.5 Å². The quantitative estimate of drug-likeness (QED) is 0.388. The second-order valence-corrected chi connectivity index (χ2v) is 4.61. The van der Waals surface area contributed by atoms with Gasteiger partial charge in [-0.05, 0) is 0 Å². The van der Waals surface area contributed by atoms with Crippen molar-refractivity contribution in [2.75, 3.05) is 33.4 Å². The summed E-state index contributed by atoms with van der Waals surface area (Å²) in [5.41, 5.74) is -0.948. The molecule has 0 saturated carbocycles. The van der Waals surface area contributed by atoms with Gasteiger partial charge in [0.25, 0.3) is 0 Å². The topological polar surface area (TPSA) is 108 Å². The first-order valence-corrected chi connectivity index (χ1v) is 5.67. The summed E-state index contributed by atoms with van der Waals surface area (Å²) in [7, 11) is 1.52. The van der Waals surface area contributed by atoms with Crippen molar-refractivity contribution in [3.05, 3.63) is 0 Å². The molecule has 0 unspecified atom stereocenters. The maximum absolute atomic E-state index is 11.5. The van der Waals surface area contributed by atoms with Crippen LogP contribution in [0, 0.1) is 5.41 Å². The van der Waals surface area contributed by atoms with E-state index < -0.39 is 17.4 Å². The first-order chi connectivity index (χ1) is 8.35. The number of aliphatic hydroxyl groups excluding tert-OH is 2. The second-order valence-electron chi connectivity index (χ2n) is 4.61. The Kier molecular flexibility index (Phi) is 7.49. The molecule has 7 nitrogen and oxygen atoms in total. The molecule has 106 valence electrons. The van der Waals surface area contributed by atoms with Crippen molar-refractivity contribution >= 4 is 11.8 Å². The van der Waals surface area contributed by atoms with Crippen LogP contribution in [0.4, 0.5) is 0 Å². The molecule has 0 aliphatic heterocycles. The number of carbonyl (C=O) groups is 2. The van der Waals surface area contributed by atoms with Crippen LogP contribution in [-0.2, 0) is 14.3 Å². The van der Waals surface area contributed by atoms with Crippen LogP contribution in [0.15, 0.2) is 0 Å². The summed E-state index contributed by atoms with van der Waals surface area (Å²) < 4.78 is 4.75. The molecule has 0 aromatic rings. The number of aliphatic hydroxyl groups is 2. The van der Waals surface area contributed by atoms with E-state index in [4.69, 9.17) is 9.84 Å². The SMILES string of the molecule is COCCNC(=O)CNC(=O)[C@H](O)C(C)(C)CO. The normalized spacial score (nSPS) is 12.9. The Bertz CT molecular complexity index is 281. The van der Waals surface area contributed by atoms with Crippen molar-refractivity contribution in [2.45, 2.75) is 20.0 Å². The molecule has 2 amide bonds. The van der Waals surface area contributed by atoms with Crippen molar-refractivity contribution < 1.29 is 24.5 Å². The zero-order valence-corrected chi connectivity index (χ0v) is 11.0. The molecule has 0 heterocycles. The van der Waals surface area contributed by atoms with Crippen LogP contribution in [0.5, 0.6) is 0 Å². The highest BCUT2D eigenvalue weighted by Crippen LogP contribution is 2.19. The smallest absolute Gasteiger partial charge is 0.249 e. The number of hydrogen-bond acceptors (Lipinski definition) is 5. The third-order valence-corrected chi connectivity index (χ3v) is 2.45. The highest BCUT2D eigenvalue weighted by molar-refractivity contribution is 5.87. The lowest BCUT2D eigenvalue weighted by Crippen LogP contribution is -2.48. The van der Waals surface area contributed by atoms with Gasteiger partial charge in [-0.3, -0.25) is 9.59 Å². The third kappa shape index (κ3) is 5.95. The van der Waals surface area contributed by atoms with E-state index in [-0.39, 0.29) is 19.1 Å². The summed E-state index contributed by atoms with van der Waals surface area (Å²) in [6.07, 6.45) is -1.37. The Labute approximate surface area is 107 Å². The van der Waals surface area contributed by atoms with Gasteiger partial charge in [0, 0.05) is 19.1 Å². The Balaban J connectivity index is 3.99. The van der Waals surface area contributed by atoms with Gasteiger partial charge in [0.15, 0.2) is 0 Å². The number of ether oxygens (including phenoxy) is 1. The number of amides is 2. The van der Waals surface area contributed by atoms with Crippen LogP contribution >= 0.6 is 0 Å². The summed E-state index contributed by atoms with van der Waals surface area (Å²) in [6.45, 7) is 3.30. The Morgan fingerprint density at radius 3 is 2.44 bits per heavy atom. The minimum atomic E-state index is -1.37. The fourth-order valence-corrected chi connectivity index (χ4v) is 1.06. The van der Waals surface area contributed by atoms with Crippen molar-refractivity contribution in [3.8, 4) is 0 Å². The number of nitrogens with one attached hydrogen (secondary N) is 2. The van der Waals surface area contributed by atoms with Crippen molar-refractivity contribution in [3.63, 3.8) is 0 Å². The maximum Gasteiger partial charge on any atom is 0.249 e. The van der Waals surface area contributed by atoms with Crippen LogP contribution in [0.1, 0.15) is 13.8 Å². The van der Waals surface area contributed by atoms with Gasteiger partial charge in [0.2, 0.25) is 11.8 Å². The standard InChI is InChI=1S/C11H22N2O5/c1-11(2,7-14)9(16)10(17)13-6-8(15)12-4-5-18-3/h9,14,16H,4-7H2,1-3H3,(H,12,15)(H,13,17)/t9-/m0/s1. The molecule has 18 heavy (non-hydrogen) atoms. The molecule has 0 radical (unpaired) electrons. The minimum absolute atomic E-state index is 0.221. The summed E-state index contributed by atoms with van der Waals surface area (Å²) >= 11 is 0. The predicted octanol–water partition coefficient (Wildman–Crippen LogP) is -1.76. The Morgan fingerprint density at radius 1 is 1.33 bits per heavy atom. The number of methoxy groups -OCH3 is 1. The van der Waals surface area contributed by atoms with Crippen molar-refractivity contribution in [1.29, 1.82) is 0 Å². The molecule has 0 aliphatic carbocycles. The fraction of sp³-hybridized carbons (Fsp3) is 0.818. The van der Waals surface area contributed by atoms with E-state index in [0.717, 1.165) is 0 Å². The number of carbonyl (C=O) groups excluding carboxylic acids is 2. The van der Waals surface area contributed by atoms with Crippen molar-refractivity contribution in [2.24, 2.45) is 5.41 Å². The monoisotopic (exact) mass is 262 g/mol. The first kappa shape index (κ1) is 16.8. The number of hydrogen-bond donors (Lipinski definition) is 4. The lowest BCUT2D eigenvalue weighted by atomic mass is 9.87. The molecule has 0 bridgehead atoms. The molecular formula is C11H22N2O5. The zero-order valence-electron chi connectivity index (χ0n) is 11.0. The van der Waals surface area contributed by atoms with Crippen LogP contribution in [0.2, 0.25) is 0 Å². The van der Waals surface area contributed by atoms with Gasteiger partial charge < -0.3 is 25.6 Å². The summed E-state index contributed by atoms with van der Waals surface area (Å²) in [4.78, 5) is 22.8. The van der Waals surface area contributed by atoms with Gasteiger partial charge in [-0.2, -0.15) is 0 Å². The minimum Gasteiger partial charge on any atom is -0.396 e. The summed E-state index contributed by atoms with van der Waals surface area (Å²) in [6, 6.07) is 0. The zero-order chi connectivity index (χ0) is 14.2. The van der Waals surface area contributed by atoms with E-state index in [0.29, 0.717) is 13.2 Å². The highest BCUT2D eigenvalue weighted by Gasteiger charge is 2.32. The van der Waals surface area contributed by atoms with E-state index in [1.165, 1.54) is 7.11 Å². The van der Waals surface area contributed by atoms with Gasteiger partial charge in [-0.15, -0.1) is 0 Å². The molecule has 0 aromatic heterocycles. The second kappa shape index (κ2) is 8.02. The fourth-order valence-electron chi connectivity index (χ4n) is 1.06. The molecule has 7 heteroatoms. The summed E-state index contributed by atoms with van der Waals surface area (Å²) in [5.74, 6) is -1.05. The predicted molar refractivity (Wildman–Crippen MR) is 64.8 cm³/mol. The average Bonchev–Trinajstić information content (AvgIpc) is 2.35. The van der Waals surface area contributed by atoms with Gasteiger partial charge in [0.1, 0.15) is 6.10 Å². The van der Waals surface area contributed by atoms with E-state index in [1.54, 1.807) is 13.8 Å². The molecule has 0 fully saturated rings. The van der Waals surface area contributed by atoms with Crippen LogP contribution < -0.4 is 10.6 Å². The molecule has 0 saturated heterocycles. The van der Waals surface area contributed by atoms with E-state index in [9.17, 15) is 14.7 Å². The Hall–Kier alpha value is -1.18. The molecule has 4 N–H and O–H groups in total. The average molecular weight is 262 g/mol. The lowest BCUT2D eigenvalue weighted by Gasteiger charge is -2.26.